The Morgan fingerprint density at radius 3 is 2.63 bits per heavy atom. The summed E-state index contributed by atoms with van der Waals surface area (Å²) in [5, 5.41) is 5.22. The summed E-state index contributed by atoms with van der Waals surface area (Å²) in [5.74, 6) is 1.13. The zero-order valence-electron chi connectivity index (χ0n) is 15.1. The third-order valence-electron chi connectivity index (χ3n) is 5.03. The molecule has 1 unspecified atom stereocenters. The Hall–Kier alpha value is -2.35. The standard InChI is InChI=1S/C19H23N5O2S/c20-17(26)15-8-4-5-11-23(15)16(25)12-27-19-21-18(13-9-10-13)24(22-19)14-6-2-1-3-7-14/h1-3,6-7,13,15H,4-5,8-12H2,(H2,20,26). The van der Waals surface area contributed by atoms with Crippen LogP contribution in [0.2, 0.25) is 0 Å². The number of hydrogen-bond donors (Lipinski definition) is 1. The van der Waals surface area contributed by atoms with Crippen molar-refractivity contribution in [1.82, 2.24) is 19.7 Å². The van der Waals surface area contributed by atoms with E-state index < -0.39 is 11.9 Å². The molecule has 0 spiro atoms. The quantitative estimate of drug-likeness (QED) is 0.769. The van der Waals surface area contributed by atoms with Gasteiger partial charge in [0.15, 0.2) is 0 Å². The van der Waals surface area contributed by atoms with Gasteiger partial charge in [0.2, 0.25) is 17.0 Å². The summed E-state index contributed by atoms with van der Waals surface area (Å²) in [6.45, 7) is 0.589. The molecule has 1 atom stereocenters. The zero-order valence-corrected chi connectivity index (χ0v) is 15.9. The minimum Gasteiger partial charge on any atom is -0.368 e. The number of para-hydroxylation sites is 1. The van der Waals surface area contributed by atoms with Gasteiger partial charge in [-0.25, -0.2) is 9.67 Å². The van der Waals surface area contributed by atoms with Crippen molar-refractivity contribution in [2.75, 3.05) is 12.3 Å². The Morgan fingerprint density at radius 2 is 1.93 bits per heavy atom. The van der Waals surface area contributed by atoms with Crippen molar-refractivity contribution in [2.24, 2.45) is 5.73 Å². The number of benzene rings is 1. The van der Waals surface area contributed by atoms with Crippen molar-refractivity contribution in [2.45, 2.75) is 49.2 Å². The number of primary amides is 1. The van der Waals surface area contributed by atoms with E-state index >= 15 is 0 Å². The number of aromatic nitrogens is 3. The molecule has 2 N–H and O–H groups in total. The van der Waals surface area contributed by atoms with Crippen LogP contribution in [0.1, 0.15) is 43.8 Å². The van der Waals surface area contributed by atoms with Gasteiger partial charge in [0.05, 0.1) is 11.4 Å². The first-order valence-corrected chi connectivity index (χ1v) is 10.4. The minimum atomic E-state index is -0.483. The third-order valence-corrected chi connectivity index (χ3v) is 5.85. The fourth-order valence-electron chi connectivity index (χ4n) is 3.47. The summed E-state index contributed by atoms with van der Waals surface area (Å²) in [6, 6.07) is 9.45. The van der Waals surface area contributed by atoms with Gasteiger partial charge in [-0.1, -0.05) is 30.0 Å². The van der Waals surface area contributed by atoms with E-state index in [4.69, 9.17) is 5.73 Å². The average Bonchev–Trinajstić information content (AvgIpc) is 3.46. The molecule has 2 aliphatic rings. The average molecular weight is 385 g/mol. The second-order valence-corrected chi connectivity index (χ2v) is 8.01. The van der Waals surface area contributed by atoms with Gasteiger partial charge in [-0.3, -0.25) is 9.59 Å². The SMILES string of the molecule is NC(=O)C1CCCCN1C(=O)CSc1nc(C2CC2)n(-c2ccccc2)n1. The highest BCUT2D eigenvalue weighted by Gasteiger charge is 2.32. The van der Waals surface area contributed by atoms with Crippen LogP contribution in [0.15, 0.2) is 35.5 Å². The van der Waals surface area contributed by atoms with Crippen LogP contribution in [0.4, 0.5) is 0 Å². The number of amides is 2. The number of rotatable bonds is 6. The lowest BCUT2D eigenvalue weighted by molar-refractivity contribution is -0.138. The first kappa shape index (κ1) is 18.0. The van der Waals surface area contributed by atoms with Crippen LogP contribution in [0, 0.1) is 0 Å². The largest absolute Gasteiger partial charge is 0.368 e. The Morgan fingerprint density at radius 1 is 1.15 bits per heavy atom. The minimum absolute atomic E-state index is 0.0764. The monoisotopic (exact) mass is 385 g/mol. The Kier molecular flexibility index (Phi) is 5.15. The van der Waals surface area contributed by atoms with Crippen molar-refractivity contribution in [3.63, 3.8) is 0 Å². The zero-order chi connectivity index (χ0) is 18.8. The second-order valence-electron chi connectivity index (χ2n) is 7.06. The summed E-state index contributed by atoms with van der Waals surface area (Å²) in [5.41, 5.74) is 6.44. The molecule has 1 saturated heterocycles. The van der Waals surface area contributed by atoms with Gasteiger partial charge < -0.3 is 10.6 Å². The van der Waals surface area contributed by atoms with Crippen LogP contribution in [0.3, 0.4) is 0 Å². The number of nitrogens with zero attached hydrogens (tertiary/aromatic N) is 4. The fourth-order valence-corrected chi connectivity index (χ4v) is 4.18. The van der Waals surface area contributed by atoms with E-state index in [1.54, 1.807) is 4.90 Å². The molecule has 1 aromatic carbocycles. The van der Waals surface area contributed by atoms with E-state index in [2.05, 4.69) is 10.1 Å². The van der Waals surface area contributed by atoms with Gasteiger partial charge in [-0.15, -0.1) is 5.10 Å². The molecule has 4 rings (SSSR count). The van der Waals surface area contributed by atoms with E-state index in [9.17, 15) is 9.59 Å². The van der Waals surface area contributed by atoms with E-state index in [0.29, 0.717) is 24.0 Å². The van der Waals surface area contributed by atoms with Crippen LogP contribution in [0.25, 0.3) is 5.69 Å². The summed E-state index contributed by atoms with van der Waals surface area (Å²) in [6.07, 6.45) is 4.74. The predicted molar refractivity (Wildman–Crippen MR) is 103 cm³/mol. The van der Waals surface area contributed by atoms with Crippen molar-refractivity contribution in [3.05, 3.63) is 36.2 Å². The molecule has 2 amide bonds. The van der Waals surface area contributed by atoms with Gasteiger partial charge in [-0.2, -0.15) is 0 Å². The van der Waals surface area contributed by atoms with E-state index in [-0.39, 0.29) is 11.7 Å². The highest BCUT2D eigenvalue weighted by atomic mass is 32.2. The summed E-state index contributed by atoms with van der Waals surface area (Å²) >= 11 is 1.32. The molecule has 2 fully saturated rings. The molecule has 0 bridgehead atoms. The van der Waals surface area contributed by atoms with Crippen molar-refractivity contribution in [1.29, 1.82) is 0 Å². The molecule has 27 heavy (non-hydrogen) atoms. The van der Waals surface area contributed by atoms with Crippen LogP contribution in [-0.4, -0.2) is 49.8 Å². The number of piperidine rings is 1. The molecular formula is C19H23N5O2S. The lowest BCUT2D eigenvalue weighted by atomic mass is 10.0. The summed E-state index contributed by atoms with van der Waals surface area (Å²) < 4.78 is 1.89. The number of carbonyl (C=O) groups excluding carboxylic acids is 2. The van der Waals surface area contributed by atoms with Gasteiger partial charge in [0.25, 0.3) is 0 Å². The van der Waals surface area contributed by atoms with Gasteiger partial charge in [0.1, 0.15) is 11.9 Å². The lowest BCUT2D eigenvalue weighted by Crippen LogP contribution is -2.51. The number of likely N-dealkylation sites (tertiary alicyclic amines) is 1. The molecular weight excluding hydrogens is 362 g/mol. The van der Waals surface area contributed by atoms with Crippen LogP contribution < -0.4 is 5.73 Å². The van der Waals surface area contributed by atoms with Crippen molar-refractivity contribution >= 4 is 23.6 Å². The van der Waals surface area contributed by atoms with E-state index in [0.717, 1.165) is 37.2 Å². The molecule has 1 aliphatic heterocycles. The molecule has 8 heteroatoms. The Bertz CT molecular complexity index is 834. The maximum atomic E-state index is 12.6. The lowest BCUT2D eigenvalue weighted by Gasteiger charge is -2.33. The fraction of sp³-hybridized carbons (Fsp3) is 0.474. The molecule has 7 nitrogen and oxygen atoms in total. The highest BCUT2D eigenvalue weighted by molar-refractivity contribution is 7.99. The van der Waals surface area contributed by atoms with Gasteiger partial charge in [-0.05, 0) is 44.2 Å². The molecule has 1 saturated carbocycles. The normalized spacial score (nSPS) is 19.9. The van der Waals surface area contributed by atoms with Crippen LogP contribution in [0.5, 0.6) is 0 Å². The molecule has 2 heterocycles. The number of carbonyl (C=O) groups is 2. The topological polar surface area (TPSA) is 94.1 Å². The van der Waals surface area contributed by atoms with Crippen molar-refractivity contribution in [3.8, 4) is 5.69 Å². The van der Waals surface area contributed by atoms with Crippen molar-refractivity contribution < 1.29 is 9.59 Å². The molecule has 142 valence electrons. The van der Waals surface area contributed by atoms with Gasteiger partial charge in [0, 0.05) is 12.5 Å². The molecule has 2 aromatic rings. The first-order valence-electron chi connectivity index (χ1n) is 9.37. The number of hydrogen-bond acceptors (Lipinski definition) is 5. The number of nitrogens with two attached hydrogens (primary N) is 1. The maximum absolute atomic E-state index is 12.6. The second kappa shape index (κ2) is 7.72. The predicted octanol–water partition coefficient (Wildman–Crippen LogP) is 2.10. The molecule has 1 aliphatic carbocycles. The molecule has 0 radical (unpaired) electrons. The van der Waals surface area contributed by atoms with E-state index in [1.807, 2.05) is 35.0 Å². The maximum Gasteiger partial charge on any atom is 0.240 e. The Labute approximate surface area is 162 Å². The highest BCUT2D eigenvalue weighted by Crippen LogP contribution is 2.40. The van der Waals surface area contributed by atoms with Crippen LogP contribution >= 0.6 is 11.8 Å². The third kappa shape index (κ3) is 4.00. The summed E-state index contributed by atoms with van der Waals surface area (Å²) in [4.78, 5) is 30.5. The Balaban J connectivity index is 1.47. The van der Waals surface area contributed by atoms with Gasteiger partial charge >= 0.3 is 0 Å². The van der Waals surface area contributed by atoms with Crippen LogP contribution in [-0.2, 0) is 9.59 Å². The van der Waals surface area contributed by atoms with E-state index in [1.165, 1.54) is 11.8 Å². The number of thioether (sulfide) groups is 1. The summed E-state index contributed by atoms with van der Waals surface area (Å²) in [7, 11) is 0. The molecule has 1 aromatic heterocycles. The first-order chi connectivity index (χ1) is 13.1. The smallest absolute Gasteiger partial charge is 0.240 e.